The fourth-order valence-electron chi connectivity index (χ4n) is 3.62. The Morgan fingerprint density at radius 1 is 1.25 bits per heavy atom. The molecule has 0 unspecified atom stereocenters. The Balaban J connectivity index is 1.68. The van der Waals surface area contributed by atoms with Crippen LogP contribution in [-0.4, -0.2) is 16.5 Å². The van der Waals surface area contributed by atoms with E-state index < -0.39 is 0 Å². The van der Waals surface area contributed by atoms with Crippen molar-refractivity contribution in [3.63, 3.8) is 0 Å². The number of hydrogen-bond acceptors (Lipinski definition) is 2. The maximum Gasteiger partial charge on any atom is 0.268 e. The smallest absolute Gasteiger partial charge is 0.268 e. The van der Waals surface area contributed by atoms with E-state index >= 15 is 0 Å². The lowest BCUT2D eigenvalue weighted by atomic mass is 10.1. The Kier molecular flexibility index (Phi) is 3.89. The van der Waals surface area contributed by atoms with Crippen LogP contribution in [-0.2, 0) is 6.54 Å². The summed E-state index contributed by atoms with van der Waals surface area (Å²) in [5.41, 5.74) is 4.85. The number of hydrogen-bond donors (Lipinski definition) is 1. The molecule has 1 fully saturated rings. The molecule has 0 aliphatic heterocycles. The van der Waals surface area contributed by atoms with E-state index in [2.05, 4.69) is 28.9 Å². The van der Waals surface area contributed by atoms with Crippen LogP contribution in [0.2, 0.25) is 0 Å². The predicted octanol–water partition coefficient (Wildman–Crippen LogP) is 4.26. The molecular formula is C20H22N2O2. The van der Waals surface area contributed by atoms with Gasteiger partial charge in [0.05, 0.1) is 11.8 Å². The topological polar surface area (TPSA) is 47.2 Å². The second kappa shape index (κ2) is 6.19. The number of nitrogens with zero attached hydrogens (tertiary/aromatic N) is 1. The lowest BCUT2D eigenvalue weighted by Gasteiger charge is -2.15. The predicted molar refractivity (Wildman–Crippen MR) is 94.2 cm³/mol. The van der Waals surface area contributed by atoms with Crippen molar-refractivity contribution in [1.29, 1.82) is 0 Å². The minimum absolute atomic E-state index is 0.00174. The number of carbonyl (C=O) groups is 1. The molecule has 4 heteroatoms. The van der Waals surface area contributed by atoms with Gasteiger partial charge in [-0.3, -0.25) is 4.79 Å². The van der Waals surface area contributed by atoms with Gasteiger partial charge in [0.25, 0.3) is 5.91 Å². The molecule has 1 aromatic carbocycles. The quantitative estimate of drug-likeness (QED) is 0.780. The molecule has 2 aromatic heterocycles. The van der Waals surface area contributed by atoms with Crippen molar-refractivity contribution in [2.75, 3.05) is 0 Å². The highest BCUT2D eigenvalue weighted by Crippen LogP contribution is 2.24. The zero-order valence-corrected chi connectivity index (χ0v) is 13.9. The lowest BCUT2D eigenvalue weighted by Crippen LogP contribution is -2.34. The Bertz CT molecular complexity index is 869. The number of aryl methyl sites for hydroxylation is 1. The largest absolute Gasteiger partial charge is 0.463 e. The van der Waals surface area contributed by atoms with Crippen molar-refractivity contribution in [1.82, 2.24) is 9.88 Å². The van der Waals surface area contributed by atoms with Crippen LogP contribution in [0.4, 0.5) is 0 Å². The van der Waals surface area contributed by atoms with Gasteiger partial charge < -0.3 is 14.3 Å². The van der Waals surface area contributed by atoms with Crippen LogP contribution in [0.1, 0.15) is 47.3 Å². The normalized spacial score (nSPS) is 15.2. The zero-order valence-electron chi connectivity index (χ0n) is 13.9. The number of furan rings is 1. The van der Waals surface area contributed by atoms with Crippen LogP contribution in [0.5, 0.6) is 0 Å². The van der Waals surface area contributed by atoms with Crippen molar-refractivity contribution in [3.05, 3.63) is 59.5 Å². The highest BCUT2D eigenvalue weighted by molar-refractivity contribution is 5.97. The Morgan fingerprint density at radius 2 is 2.04 bits per heavy atom. The SMILES string of the molecule is Cc1ccccc1Cn1c(C(=O)NC2CCCC2)cc2occc21. The van der Waals surface area contributed by atoms with Gasteiger partial charge in [0.2, 0.25) is 0 Å². The molecular weight excluding hydrogens is 300 g/mol. The zero-order chi connectivity index (χ0) is 16.5. The number of fused-ring (bicyclic) bond motifs is 1. The monoisotopic (exact) mass is 322 g/mol. The summed E-state index contributed by atoms with van der Waals surface area (Å²) in [6.45, 7) is 2.77. The molecule has 1 amide bonds. The van der Waals surface area contributed by atoms with Crippen LogP contribution in [0.25, 0.3) is 11.1 Å². The maximum atomic E-state index is 12.8. The molecule has 1 aliphatic carbocycles. The highest BCUT2D eigenvalue weighted by Gasteiger charge is 2.22. The maximum absolute atomic E-state index is 12.8. The van der Waals surface area contributed by atoms with Gasteiger partial charge in [-0.25, -0.2) is 0 Å². The molecule has 1 aliphatic rings. The van der Waals surface area contributed by atoms with Gasteiger partial charge in [-0.15, -0.1) is 0 Å². The fraction of sp³-hybridized carbons (Fsp3) is 0.350. The van der Waals surface area contributed by atoms with Crippen LogP contribution in [0.15, 0.2) is 47.1 Å². The van der Waals surface area contributed by atoms with Gasteiger partial charge in [-0.1, -0.05) is 37.1 Å². The summed E-state index contributed by atoms with van der Waals surface area (Å²) in [7, 11) is 0. The third kappa shape index (κ3) is 2.73. The van der Waals surface area contributed by atoms with Crippen LogP contribution in [0, 0.1) is 6.92 Å². The summed E-state index contributed by atoms with van der Waals surface area (Å²) in [5.74, 6) is 0.00174. The summed E-state index contributed by atoms with van der Waals surface area (Å²) >= 11 is 0. The summed E-state index contributed by atoms with van der Waals surface area (Å²) in [4.78, 5) is 12.8. The Hall–Kier alpha value is -2.49. The standard InChI is InChI=1S/C20H22N2O2/c1-14-6-2-3-7-15(14)13-22-17-10-11-24-19(17)12-18(22)20(23)21-16-8-4-5-9-16/h2-3,6-7,10-12,16H,4-5,8-9,13H2,1H3,(H,21,23). The van der Waals surface area contributed by atoms with Gasteiger partial charge in [0, 0.05) is 24.7 Å². The molecule has 3 aromatic rings. The molecule has 4 nitrogen and oxygen atoms in total. The Labute approximate surface area is 141 Å². The number of nitrogens with one attached hydrogen (secondary N) is 1. The first-order valence-electron chi connectivity index (χ1n) is 8.64. The van der Waals surface area contributed by atoms with Crippen molar-refractivity contribution >= 4 is 17.0 Å². The van der Waals surface area contributed by atoms with Crippen LogP contribution in [0.3, 0.4) is 0 Å². The fourth-order valence-corrected chi connectivity index (χ4v) is 3.62. The van der Waals surface area contributed by atoms with Crippen molar-refractivity contribution in [2.45, 2.75) is 45.2 Å². The molecule has 4 rings (SSSR count). The molecule has 124 valence electrons. The average molecular weight is 322 g/mol. The molecule has 0 atom stereocenters. The molecule has 0 saturated heterocycles. The third-order valence-corrected chi connectivity index (χ3v) is 5.04. The average Bonchev–Trinajstić information content (AvgIpc) is 3.28. The number of carbonyl (C=O) groups excluding carboxylic acids is 1. The van der Waals surface area contributed by atoms with Gasteiger partial charge in [-0.05, 0) is 30.9 Å². The Morgan fingerprint density at radius 3 is 2.83 bits per heavy atom. The molecule has 1 N–H and O–H groups in total. The van der Waals surface area contributed by atoms with E-state index in [-0.39, 0.29) is 5.91 Å². The molecule has 2 heterocycles. The second-order valence-corrected chi connectivity index (χ2v) is 6.67. The van der Waals surface area contributed by atoms with Crippen LogP contribution < -0.4 is 5.32 Å². The van der Waals surface area contributed by atoms with E-state index in [1.54, 1.807) is 6.26 Å². The molecule has 1 saturated carbocycles. The summed E-state index contributed by atoms with van der Waals surface area (Å²) < 4.78 is 7.59. The minimum atomic E-state index is 0.00174. The van der Waals surface area contributed by atoms with E-state index in [0.29, 0.717) is 18.3 Å². The van der Waals surface area contributed by atoms with Crippen molar-refractivity contribution in [3.8, 4) is 0 Å². The molecule has 0 radical (unpaired) electrons. The van der Waals surface area contributed by atoms with Crippen LogP contribution >= 0.6 is 0 Å². The van der Waals surface area contributed by atoms with E-state index in [1.165, 1.54) is 24.0 Å². The second-order valence-electron chi connectivity index (χ2n) is 6.67. The number of rotatable bonds is 4. The minimum Gasteiger partial charge on any atom is -0.463 e. The lowest BCUT2D eigenvalue weighted by molar-refractivity contribution is 0.0929. The van der Waals surface area contributed by atoms with E-state index in [1.807, 2.05) is 24.3 Å². The number of benzene rings is 1. The van der Waals surface area contributed by atoms with Crippen molar-refractivity contribution < 1.29 is 9.21 Å². The first-order chi connectivity index (χ1) is 11.7. The first kappa shape index (κ1) is 15.1. The summed E-state index contributed by atoms with van der Waals surface area (Å²) in [6.07, 6.45) is 6.26. The first-order valence-corrected chi connectivity index (χ1v) is 8.64. The van der Waals surface area contributed by atoms with Gasteiger partial charge in [-0.2, -0.15) is 0 Å². The van der Waals surface area contributed by atoms with E-state index in [0.717, 1.165) is 23.9 Å². The van der Waals surface area contributed by atoms with Crippen molar-refractivity contribution in [2.24, 2.45) is 0 Å². The van der Waals surface area contributed by atoms with Gasteiger partial charge in [0.1, 0.15) is 5.69 Å². The van der Waals surface area contributed by atoms with Gasteiger partial charge in [0.15, 0.2) is 5.58 Å². The molecule has 24 heavy (non-hydrogen) atoms. The summed E-state index contributed by atoms with van der Waals surface area (Å²) in [5, 5.41) is 3.19. The number of amides is 1. The molecule has 0 bridgehead atoms. The van der Waals surface area contributed by atoms with E-state index in [9.17, 15) is 4.79 Å². The highest BCUT2D eigenvalue weighted by atomic mass is 16.3. The van der Waals surface area contributed by atoms with E-state index in [4.69, 9.17) is 4.42 Å². The number of aromatic nitrogens is 1. The summed E-state index contributed by atoms with van der Waals surface area (Å²) in [6, 6.07) is 12.4. The van der Waals surface area contributed by atoms with Gasteiger partial charge >= 0.3 is 0 Å². The molecule has 0 spiro atoms. The third-order valence-electron chi connectivity index (χ3n) is 5.04.